The predicted molar refractivity (Wildman–Crippen MR) is 86.1 cm³/mol. The lowest BCUT2D eigenvalue weighted by Gasteiger charge is -2.04. The van der Waals surface area contributed by atoms with Crippen LogP contribution in [0, 0.1) is 5.82 Å². The molecule has 1 aromatic carbocycles. The molecule has 0 unspecified atom stereocenters. The Balaban J connectivity index is 1.87. The monoisotopic (exact) mass is 323 g/mol. The second-order valence-electron chi connectivity index (χ2n) is 4.94. The van der Waals surface area contributed by atoms with Crippen LogP contribution in [0.25, 0.3) is 16.9 Å². The number of halogens is 1. The lowest BCUT2D eigenvalue weighted by Crippen LogP contribution is -2.01. The van der Waals surface area contributed by atoms with Gasteiger partial charge in [-0.05, 0) is 41.8 Å². The molecule has 0 fully saturated rings. The van der Waals surface area contributed by atoms with E-state index in [1.165, 1.54) is 29.7 Å². The van der Waals surface area contributed by atoms with Gasteiger partial charge in [-0.1, -0.05) is 6.07 Å². The van der Waals surface area contributed by atoms with Gasteiger partial charge in [0, 0.05) is 11.8 Å². The van der Waals surface area contributed by atoms with Gasteiger partial charge in [-0.15, -0.1) is 11.3 Å². The minimum atomic E-state index is -0.298. The summed E-state index contributed by atoms with van der Waals surface area (Å²) in [7, 11) is 0. The zero-order valence-corrected chi connectivity index (χ0v) is 12.6. The molecule has 0 spiro atoms. The third-order valence-electron chi connectivity index (χ3n) is 3.53. The molecular weight excluding hydrogens is 313 g/mol. The second kappa shape index (κ2) is 5.40. The van der Waals surface area contributed by atoms with Crippen LogP contribution >= 0.6 is 11.3 Å². The minimum absolute atomic E-state index is 0.0984. The van der Waals surface area contributed by atoms with Crippen molar-refractivity contribution in [3.63, 3.8) is 0 Å². The van der Waals surface area contributed by atoms with Crippen LogP contribution in [-0.4, -0.2) is 20.4 Å². The Labute approximate surface area is 134 Å². The Morgan fingerprint density at radius 1 is 1.13 bits per heavy atom. The van der Waals surface area contributed by atoms with Gasteiger partial charge in [0.15, 0.2) is 5.65 Å². The van der Waals surface area contributed by atoms with Crippen LogP contribution in [0.5, 0.6) is 0 Å². The smallest absolute Gasteiger partial charge is 0.208 e. The van der Waals surface area contributed by atoms with Crippen LogP contribution in [0.4, 0.5) is 4.39 Å². The van der Waals surface area contributed by atoms with Gasteiger partial charge >= 0.3 is 0 Å². The van der Waals surface area contributed by atoms with Gasteiger partial charge in [0.25, 0.3) is 0 Å². The fraction of sp³-hybridized carbons (Fsp3) is 0. The standard InChI is InChI=1S/C17H10FN3OS/c18-12-5-3-11(4-6-12)14-7-8-19-17-13(10-20-21(14)17)16(22)15-2-1-9-23-15/h1-10H. The summed E-state index contributed by atoms with van der Waals surface area (Å²) < 4.78 is 14.7. The van der Waals surface area contributed by atoms with E-state index in [9.17, 15) is 9.18 Å². The molecular formula is C17H10FN3OS. The van der Waals surface area contributed by atoms with Crippen LogP contribution < -0.4 is 0 Å². The normalized spacial score (nSPS) is 11.0. The molecule has 0 aliphatic carbocycles. The van der Waals surface area contributed by atoms with Gasteiger partial charge in [0.05, 0.1) is 22.3 Å². The Bertz CT molecular complexity index is 991. The van der Waals surface area contributed by atoms with Gasteiger partial charge in [-0.25, -0.2) is 13.9 Å². The highest BCUT2D eigenvalue weighted by molar-refractivity contribution is 7.12. The van der Waals surface area contributed by atoms with E-state index in [2.05, 4.69) is 10.1 Å². The van der Waals surface area contributed by atoms with Crippen molar-refractivity contribution in [1.29, 1.82) is 0 Å². The van der Waals surface area contributed by atoms with Crippen molar-refractivity contribution in [2.24, 2.45) is 0 Å². The van der Waals surface area contributed by atoms with Crippen molar-refractivity contribution in [2.75, 3.05) is 0 Å². The average Bonchev–Trinajstić information content (AvgIpc) is 3.24. The van der Waals surface area contributed by atoms with Crippen molar-refractivity contribution in [3.05, 3.63) is 76.5 Å². The minimum Gasteiger partial charge on any atom is -0.287 e. The fourth-order valence-corrected chi connectivity index (χ4v) is 3.11. The van der Waals surface area contributed by atoms with Crippen molar-refractivity contribution in [2.45, 2.75) is 0 Å². The highest BCUT2D eigenvalue weighted by Crippen LogP contribution is 2.23. The molecule has 0 aliphatic rings. The number of hydrogen-bond acceptors (Lipinski definition) is 4. The van der Waals surface area contributed by atoms with Crippen LogP contribution in [0.3, 0.4) is 0 Å². The molecule has 23 heavy (non-hydrogen) atoms. The lowest BCUT2D eigenvalue weighted by atomic mass is 10.1. The van der Waals surface area contributed by atoms with Gasteiger partial charge in [0.1, 0.15) is 5.82 Å². The first-order chi connectivity index (χ1) is 11.2. The number of aromatic nitrogens is 3. The van der Waals surface area contributed by atoms with Gasteiger partial charge in [-0.2, -0.15) is 5.10 Å². The van der Waals surface area contributed by atoms with E-state index in [0.29, 0.717) is 16.1 Å². The summed E-state index contributed by atoms with van der Waals surface area (Å²) in [6.07, 6.45) is 3.15. The number of rotatable bonds is 3. The SMILES string of the molecule is O=C(c1cccs1)c1cnn2c(-c3ccc(F)cc3)ccnc12. The molecule has 0 N–H and O–H groups in total. The van der Waals surface area contributed by atoms with Gasteiger partial charge < -0.3 is 0 Å². The summed E-state index contributed by atoms with van der Waals surface area (Å²) in [5, 5.41) is 6.15. The zero-order chi connectivity index (χ0) is 15.8. The molecule has 0 bridgehead atoms. The van der Waals surface area contributed by atoms with E-state index in [0.717, 1.165) is 11.3 Å². The molecule has 3 heterocycles. The Kier molecular flexibility index (Phi) is 3.24. The van der Waals surface area contributed by atoms with Gasteiger partial charge in [0.2, 0.25) is 5.78 Å². The molecule has 4 aromatic rings. The first kappa shape index (κ1) is 13.8. The quantitative estimate of drug-likeness (QED) is 0.538. The number of fused-ring (bicyclic) bond motifs is 1. The summed E-state index contributed by atoms with van der Waals surface area (Å²) >= 11 is 1.38. The van der Waals surface area contributed by atoms with Crippen LogP contribution in [-0.2, 0) is 0 Å². The molecule has 0 aliphatic heterocycles. The first-order valence-corrected chi connectivity index (χ1v) is 7.79. The van der Waals surface area contributed by atoms with E-state index >= 15 is 0 Å². The summed E-state index contributed by atoms with van der Waals surface area (Å²) in [5.41, 5.74) is 2.50. The van der Waals surface area contributed by atoms with Crippen molar-refractivity contribution >= 4 is 22.8 Å². The molecule has 0 saturated heterocycles. The Morgan fingerprint density at radius 2 is 1.96 bits per heavy atom. The summed E-state index contributed by atoms with van der Waals surface area (Å²) in [6, 6.07) is 11.5. The van der Waals surface area contributed by atoms with Gasteiger partial charge in [-0.3, -0.25) is 4.79 Å². The zero-order valence-electron chi connectivity index (χ0n) is 11.8. The molecule has 0 radical (unpaired) electrons. The first-order valence-electron chi connectivity index (χ1n) is 6.91. The van der Waals surface area contributed by atoms with Crippen molar-refractivity contribution in [3.8, 4) is 11.3 Å². The number of benzene rings is 1. The number of hydrogen-bond donors (Lipinski definition) is 0. The van der Waals surface area contributed by atoms with E-state index in [4.69, 9.17) is 0 Å². The molecule has 4 rings (SSSR count). The molecule has 0 saturated carbocycles. The summed E-state index contributed by atoms with van der Waals surface area (Å²) in [6.45, 7) is 0. The molecule has 3 aromatic heterocycles. The lowest BCUT2D eigenvalue weighted by molar-refractivity contribution is 0.104. The van der Waals surface area contributed by atoms with E-state index in [1.54, 1.807) is 35.0 Å². The van der Waals surface area contributed by atoms with E-state index in [1.807, 2.05) is 11.4 Å². The maximum Gasteiger partial charge on any atom is 0.208 e. The molecule has 6 heteroatoms. The van der Waals surface area contributed by atoms with Crippen molar-refractivity contribution < 1.29 is 9.18 Å². The number of ketones is 1. The predicted octanol–water partition coefficient (Wildman–Crippen LogP) is 3.83. The fourth-order valence-electron chi connectivity index (χ4n) is 2.43. The molecule has 0 atom stereocenters. The highest BCUT2D eigenvalue weighted by Gasteiger charge is 2.18. The molecule has 112 valence electrons. The largest absolute Gasteiger partial charge is 0.287 e. The molecule has 4 nitrogen and oxygen atoms in total. The van der Waals surface area contributed by atoms with E-state index in [-0.39, 0.29) is 11.6 Å². The number of thiophene rings is 1. The third-order valence-corrected chi connectivity index (χ3v) is 4.40. The highest BCUT2D eigenvalue weighted by atomic mass is 32.1. The van der Waals surface area contributed by atoms with E-state index < -0.39 is 0 Å². The number of carbonyl (C=O) groups excluding carboxylic acids is 1. The maximum absolute atomic E-state index is 13.1. The Morgan fingerprint density at radius 3 is 2.70 bits per heavy atom. The van der Waals surface area contributed by atoms with Crippen LogP contribution in [0.1, 0.15) is 15.2 Å². The number of nitrogens with zero attached hydrogens (tertiary/aromatic N) is 3. The summed E-state index contributed by atoms with van der Waals surface area (Å²) in [4.78, 5) is 17.5. The second-order valence-corrected chi connectivity index (χ2v) is 5.88. The topological polar surface area (TPSA) is 47.3 Å². The summed E-state index contributed by atoms with van der Waals surface area (Å²) in [5.74, 6) is -0.396. The maximum atomic E-state index is 13.1. The van der Waals surface area contributed by atoms with Crippen molar-refractivity contribution in [1.82, 2.24) is 14.6 Å². The average molecular weight is 323 g/mol. The van der Waals surface area contributed by atoms with Crippen LogP contribution in [0.2, 0.25) is 0 Å². The van der Waals surface area contributed by atoms with Crippen LogP contribution in [0.15, 0.2) is 60.2 Å². The number of carbonyl (C=O) groups is 1. The third kappa shape index (κ3) is 2.33. The molecule has 0 amide bonds. The Hall–Kier alpha value is -2.86.